The van der Waals surface area contributed by atoms with E-state index in [1.54, 1.807) is 36.4 Å². The normalized spacial score (nSPS) is 11.7. The predicted molar refractivity (Wildman–Crippen MR) is 116 cm³/mol. The summed E-state index contributed by atoms with van der Waals surface area (Å²) in [5.41, 5.74) is 3.72. The van der Waals surface area contributed by atoms with Crippen molar-refractivity contribution in [3.05, 3.63) is 89.5 Å². The lowest BCUT2D eigenvalue weighted by atomic mass is 10.2. The molecule has 0 aromatic heterocycles. The highest BCUT2D eigenvalue weighted by molar-refractivity contribution is 7.95. The Balaban J connectivity index is 2.53. The molecule has 29 heavy (non-hydrogen) atoms. The molecule has 0 bridgehead atoms. The fourth-order valence-electron chi connectivity index (χ4n) is 2.58. The number of aryl methyl sites for hydroxylation is 1. The van der Waals surface area contributed by atoms with Crippen LogP contribution >= 0.6 is 0 Å². The van der Waals surface area contributed by atoms with E-state index in [9.17, 15) is 16.8 Å². The van der Waals surface area contributed by atoms with Crippen LogP contribution in [0, 0.1) is 6.92 Å². The van der Waals surface area contributed by atoms with Crippen LogP contribution in [0.25, 0.3) is 0 Å². The van der Waals surface area contributed by atoms with Gasteiger partial charge >= 0.3 is 0 Å². The van der Waals surface area contributed by atoms with Gasteiger partial charge in [0.1, 0.15) is 4.91 Å². The van der Waals surface area contributed by atoms with Crippen LogP contribution in [-0.2, 0) is 19.9 Å². The van der Waals surface area contributed by atoms with Gasteiger partial charge in [0.2, 0.25) is 19.9 Å². The maximum atomic E-state index is 13.1. The molecule has 0 aliphatic heterocycles. The Hall–Kier alpha value is -2.44. The zero-order valence-corrected chi connectivity index (χ0v) is 18.2. The quantitative estimate of drug-likeness (QED) is 0.443. The van der Waals surface area contributed by atoms with E-state index in [2.05, 4.69) is 12.3 Å². The van der Waals surface area contributed by atoms with E-state index >= 15 is 0 Å². The van der Waals surface area contributed by atoms with Crippen LogP contribution in [0.2, 0.25) is 0 Å². The Kier molecular flexibility index (Phi) is 7.76. The molecule has 0 atom stereocenters. The van der Waals surface area contributed by atoms with Crippen LogP contribution in [0.1, 0.15) is 18.9 Å². The molecule has 0 unspecified atom stereocenters. The number of hydrogen-bond acceptors (Lipinski definition) is 4. The zero-order chi connectivity index (χ0) is 21.5. The number of sulfone groups is 1. The van der Waals surface area contributed by atoms with E-state index in [4.69, 9.17) is 0 Å². The summed E-state index contributed by atoms with van der Waals surface area (Å²) in [5, 5.41) is 0. The van der Waals surface area contributed by atoms with Gasteiger partial charge in [0.25, 0.3) is 0 Å². The van der Waals surface area contributed by atoms with Crippen molar-refractivity contribution in [2.24, 2.45) is 0 Å². The van der Waals surface area contributed by atoms with Crippen molar-refractivity contribution >= 4 is 19.9 Å². The molecule has 0 fully saturated rings. The first-order chi connectivity index (χ1) is 13.7. The molecule has 0 amide bonds. The van der Waals surface area contributed by atoms with E-state index in [0.29, 0.717) is 6.42 Å². The lowest BCUT2D eigenvalue weighted by molar-refractivity contribution is 0.470. The van der Waals surface area contributed by atoms with Crippen LogP contribution in [0.15, 0.2) is 93.8 Å². The van der Waals surface area contributed by atoms with E-state index in [1.165, 1.54) is 30.3 Å². The molecule has 0 spiro atoms. The third-order valence-electron chi connectivity index (χ3n) is 4.16. The van der Waals surface area contributed by atoms with Crippen molar-refractivity contribution in [3.63, 3.8) is 0 Å². The summed E-state index contributed by atoms with van der Waals surface area (Å²) in [6.45, 7) is 6.96. The van der Waals surface area contributed by atoms with Crippen LogP contribution in [0.3, 0.4) is 0 Å². The average Bonchev–Trinajstić information content (AvgIpc) is 2.71. The Labute approximate surface area is 173 Å². The smallest absolute Gasteiger partial charge is 0.218 e. The average molecular weight is 432 g/mol. The lowest BCUT2D eigenvalue weighted by Gasteiger charge is -2.21. The second-order valence-electron chi connectivity index (χ2n) is 6.40. The molecule has 5 nitrogen and oxygen atoms in total. The lowest BCUT2D eigenvalue weighted by Crippen LogP contribution is -2.34. The van der Waals surface area contributed by atoms with Gasteiger partial charge in [0.05, 0.1) is 16.3 Å². The van der Waals surface area contributed by atoms with Crippen LogP contribution in [0.5, 0.6) is 0 Å². The minimum atomic E-state index is -3.92. The van der Waals surface area contributed by atoms with Gasteiger partial charge < -0.3 is 0 Å². The Morgan fingerprint density at radius 3 is 2.17 bits per heavy atom. The van der Waals surface area contributed by atoms with Gasteiger partial charge in [-0.3, -0.25) is 0 Å². The first-order valence-electron chi connectivity index (χ1n) is 9.15. The van der Waals surface area contributed by atoms with Crippen LogP contribution < -0.4 is 0 Å². The third-order valence-corrected chi connectivity index (χ3v) is 7.77. The van der Waals surface area contributed by atoms with Gasteiger partial charge in [-0.25, -0.2) is 16.8 Å². The minimum absolute atomic E-state index is 0.0299. The maximum Gasteiger partial charge on any atom is 0.243 e. The molecule has 0 aliphatic rings. The van der Waals surface area contributed by atoms with E-state index in [0.717, 1.165) is 9.87 Å². The van der Waals surface area contributed by atoms with Gasteiger partial charge in [-0.05, 0) is 43.7 Å². The van der Waals surface area contributed by atoms with Gasteiger partial charge in [-0.15, -0.1) is 12.3 Å². The molecule has 0 aliphatic carbocycles. The van der Waals surface area contributed by atoms with Gasteiger partial charge in [0.15, 0.2) is 0 Å². The van der Waals surface area contributed by atoms with Gasteiger partial charge in [0, 0.05) is 6.54 Å². The second kappa shape index (κ2) is 9.85. The fourth-order valence-corrected chi connectivity index (χ4v) is 5.40. The highest BCUT2D eigenvalue weighted by Gasteiger charge is 2.29. The topological polar surface area (TPSA) is 71.5 Å². The standard InChI is InChI=1S/C22H25NO4S2/c1-4-6-10-22(28(24,25)20-11-8-7-9-12-20)18-23(17-5-2)29(26,27)21-15-13-19(3)14-16-21/h5-9,11-16H,2,4,17-18H2,1,3H3. The number of hydrogen-bond donors (Lipinski definition) is 0. The summed E-state index contributed by atoms with van der Waals surface area (Å²) in [7, 11) is -7.82. The van der Waals surface area contributed by atoms with Crippen molar-refractivity contribution in [2.75, 3.05) is 13.1 Å². The van der Waals surface area contributed by atoms with E-state index < -0.39 is 19.9 Å². The van der Waals surface area contributed by atoms with Gasteiger partial charge in [-0.2, -0.15) is 4.31 Å². The molecule has 154 valence electrons. The number of benzene rings is 2. The first kappa shape index (κ1) is 22.8. The number of sulfonamides is 1. The summed E-state index contributed by atoms with van der Waals surface area (Å²) in [6, 6.07) is 14.4. The summed E-state index contributed by atoms with van der Waals surface area (Å²) in [6.07, 6.45) is 3.59. The molecule has 0 saturated carbocycles. The van der Waals surface area contributed by atoms with Crippen molar-refractivity contribution in [1.29, 1.82) is 0 Å². The molecular weight excluding hydrogens is 406 g/mol. The minimum Gasteiger partial charge on any atom is -0.218 e. The van der Waals surface area contributed by atoms with Gasteiger partial charge in [-0.1, -0.05) is 48.9 Å². The molecule has 2 aromatic carbocycles. The Bertz CT molecular complexity index is 1110. The first-order valence-corrected chi connectivity index (χ1v) is 12.1. The molecule has 0 heterocycles. The molecule has 2 aromatic rings. The third kappa shape index (κ3) is 5.55. The number of nitrogens with zero attached hydrogens (tertiary/aromatic N) is 1. The summed E-state index contributed by atoms with van der Waals surface area (Å²) in [5.74, 6) is 0. The molecule has 0 N–H and O–H groups in total. The summed E-state index contributed by atoms with van der Waals surface area (Å²) >= 11 is 0. The molecule has 0 saturated heterocycles. The second-order valence-corrected chi connectivity index (χ2v) is 10.3. The molecule has 0 radical (unpaired) electrons. The van der Waals surface area contributed by atoms with Crippen LogP contribution in [0.4, 0.5) is 0 Å². The summed E-state index contributed by atoms with van der Waals surface area (Å²) < 4.78 is 53.6. The van der Waals surface area contributed by atoms with Crippen molar-refractivity contribution in [1.82, 2.24) is 4.31 Å². The molecule has 7 heteroatoms. The Morgan fingerprint density at radius 2 is 1.62 bits per heavy atom. The van der Waals surface area contributed by atoms with Crippen molar-refractivity contribution in [2.45, 2.75) is 30.1 Å². The highest BCUT2D eigenvalue weighted by Crippen LogP contribution is 2.23. The van der Waals surface area contributed by atoms with Crippen molar-refractivity contribution in [3.8, 4) is 0 Å². The Morgan fingerprint density at radius 1 is 1.00 bits per heavy atom. The summed E-state index contributed by atoms with van der Waals surface area (Å²) in [4.78, 5) is 0.0854. The largest absolute Gasteiger partial charge is 0.243 e. The van der Waals surface area contributed by atoms with Crippen LogP contribution in [-0.4, -0.2) is 34.2 Å². The number of rotatable bonds is 9. The monoisotopic (exact) mass is 431 g/mol. The fraction of sp³-hybridized carbons (Fsp3) is 0.227. The predicted octanol–water partition coefficient (Wildman–Crippen LogP) is 4.09. The maximum absolute atomic E-state index is 13.1. The highest BCUT2D eigenvalue weighted by atomic mass is 32.2. The SMILES string of the molecule is C=CCN(CC(=C=CCC)S(=O)(=O)c1ccccc1)S(=O)(=O)c1ccc(C)cc1. The molecule has 2 rings (SSSR count). The zero-order valence-electron chi connectivity index (χ0n) is 16.6. The van der Waals surface area contributed by atoms with E-state index in [1.807, 2.05) is 13.8 Å². The van der Waals surface area contributed by atoms with E-state index in [-0.39, 0.29) is 27.8 Å². The van der Waals surface area contributed by atoms with Crippen molar-refractivity contribution < 1.29 is 16.8 Å². The molecular formula is C22H25NO4S2.